The van der Waals surface area contributed by atoms with Crippen molar-refractivity contribution in [3.63, 3.8) is 0 Å². The predicted molar refractivity (Wildman–Crippen MR) is 15.7 cm³/mol. The van der Waals surface area contributed by atoms with E-state index in [9.17, 15) is 0 Å². The number of hydrogen-bond acceptors (Lipinski definition) is 0. The topological polar surface area (TPSA) is 0 Å². The maximum Gasteiger partial charge on any atom is 0.0434 e. The molecule has 0 N–H and O–H groups in total. The van der Waals surface area contributed by atoms with E-state index in [1.54, 1.807) is 0 Å². The molecule has 0 saturated heterocycles. The fourth-order valence-electron chi connectivity index (χ4n) is 0. The Balaban J connectivity index is -0.000000000833. The van der Waals surface area contributed by atoms with Gasteiger partial charge in [0.2, 0.25) is 0 Å². The summed E-state index contributed by atoms with van der Waals surface area (Å²) in [6, 6.07) is 0. The first-order chi connectivity index (χ1) is 1.00. The summed E-state index contributed by atoms with van der Waals surface area (Å²) in [5.74, 6) is 0. The molecule has 0 atom stereocenters. The molecule has 41 valence electrons. The molecule has 0 bridgehead atoms. The van der Waals surface area contributed by atoms with Crippen LogP contribution < -0.4 is 0 Å². The molecule has 0 fully saturated rings. The fourth-order valence-corrected chi connectivity index (χ4v) is 0. The average molecular weight is 395 g/mol. The van der Waals surface area contributed by atoms with Gasteiger partial charge in [-0.3, -0.25) is 0 Å². The molecule has 0 aromatic heterocycles. The number of hydrogen-bond donors (Lipinski definition) is 0. The molecule has 6 heteroatoms. The van der Waals surface area contributed by atoms with Gasteiger partial charge in [-0.15, -0.1) is 0 Å². The van der Waals surface area contributed by atoms with E-state index >= 15 is 0 Å². The summed E-state index contributed by atoms with van der Waals surface area (Å²) >= 11 is 0. The van der Waals surface area contributed by atoms with Crippen LogP contribution in [0, 0.1) is 0 Å². The van der Waals surface area contributed by atoms with Crippen molar-refractivity contribution < 1.29 is 71.7 Å². The summed E-state index contributed by atoms with van der Waals surface area (Å²) in [6.45, 7) is 0. The van der Waals surface area contributed by atoms with Crippen LogP contribution in [0.2, 0.25) is 0 Å². The Labute approximate surface area is 88.3 Å². The third-order valence-corrected chi connectivity index (χ3v) is 0. The third kappa shape index (κ3) is 31.4. The van der Waals surface area contributed by atoms with Crippen LogP contribution >= 0.6 is 0 Å². The van der Waals surface area contributed by atoms with Crippen molar-refractivity contribution in [1.29, 1.82) is 0 Å². The van der Waals surface area contributed by atoms with E-state index in [0.29, 0.717) is 0 Å². The van der Waals surface area contributed by atoms with E-state index in [0.717, 1.165) is 10.1 Å². The summed E-state index contributed by atoms with van der Waals surface area (Å²) in [5, 5.41) is 0. The molecule has 0 spiro atoms. The van der Waals surface area contributed by atoms with Crippen LogP contribution in [0.1, 0.15) is 0 Å². The van der Waals surface area contributed by atoms with Crippen molar-refractivity contribution in [2.24, 2.45) is 0 Å². The Bertz CT molecular complexity index is 15.5. The van der Waals surface area contributed by atoms with Crippen LogP contribution in [0.15, 0.2) is 0 Å². The zero-order valence-electron chi connectivity index (χ0n) is 3.04. The van der Waals surface area contributed by atoms with Crippen molar-refractivity contribution in [3.8, 4) is 0 Å². The standard InChI is InChI=1S/BH3Si.Co.Cr.Ni.W/c1-2;;;;/h2H3;;;;. The van der Waals surface area contributed by atoms with Crippen molar-refractivity contribution in [1.82, 2.24) is 0 Å². The summed E-state index contributed by atoms with van der Waals surface area (Å²) in [6.07, 6.45) is 0. The van der Waals surface area contributed by atoms with Crippen molar-refractivity contribution in [2.75, 3.05) is 0 Å². The molecule has 0 rings (SSSR count). The van der Waals surface area contributed by atoms with Crippen LogP contribution in [0.3, 0.4) is 0 Å². The Morgan fingerprint density at radius 3 is 1.17 bits per heavy atom. The van der Waals surface area contributed by atoms with Crippen molar-refractivity contribution in [3.05, 3.63) is 0 Å². The van der Waals surface area contributed by atoms with Gasteiger partial charge in [0.05, 0.1) is 0 Å². The summed E-state index contributed by atoms with van der Waals surface area (Å²) in [7, 11) is 5.44. The fraction of sp³-hybridized carbons (Fsp3) is 0. The molecule has 0 aromatic rings. The van der Waals surface area contributed by atoms with Crippen molar-refractivity contribution >= 4 is 17.6 Å². The molecule has 3 radical (unpaired) electrons. The molecule has 0 nitrogen and oxygen atoms in total. The molecule has 0 amide bonds. The minimum Gasteiger partial charge on any atom is -0.0388 e. The van der Waals surface area contributed by atoms with E-state index in [1.165, 1.54) is 0 Å². The second kappa shape index (κ2) is 50.7. The molecule has 0 aliphatic carbocycles. The van der Waals surface area contributed by atoms with Crippen LogP contribution in [-0.2, 0) is 71.7 Å². The van der Waals surface area contributed by atoms with E-state index in [1.807, 2.05) is 0 Å². The van der Waals surface area contributed by atoms with Crippen LogP contribution in [0.4, 0.5) is 0 Å². The van der Waals surface area contributed by atoms with Gasteiger partial charge in [0.1, 0.15) is 0 Å². The van der Waals surface area contributed by atoms with Gasteiger partial charge in [0.25, 0.3) is 0 Å². The number of rotatable bonds is 0. The van der Waals surface area contributed by atoms with Gasteiger partial charge < -0.3 is 0 Å². The monoisotopic (exact) mass is 395 g/mol. The molecule has 6 heavy (non-hydrogen) atoms. The summed E-state index contributed by atoms with van der Waals surface area (Å²) < 4.78 is 0. The van der Waals surface area contributed by atoms with E-state index in [2.05, 4.69) is 7.44 Å². The Hall–Kier alpha value is 2.50. The predicted octanol–water partition coefficient (Wildman–Crippen LogP) is -1.57. The van der Waals surface area contributed by atoms with Gasteiger partial charge >= 0.3 is 0 Å². The Morgan fingerprint density at radius 2 is 1.17 bits per heavy atom. The van der Waals surface area contributed by atoms with Crippen molar-refractivity contribution in [2.45, 2.75) is 0 Å². The third-order valence-electron chi connectivity index (χ3n) is 0. The van der Waals surface area contributed by atoms with E-state index in [4.69, 9.17) is 0 Å². The molecule has 0 aliphatic heterocycles. The minimum absolute atomic E-state index is 0. The molecule has 0 saturated carbocycles. The molecular weight excluding hydrogens is 392 g/mol. The van der Waals surface area contributed by atoms with Gasteiger partial charge in [-0.05, 0) is 10.1 Å². The van der Waals surface area contributed by atoms with Crippen LogP contribution in [0.5, 0.6) is 0 Å². The molecule has 0 aliphatic rings. The zero-order chi connectivity index (χ0) is 2.00. The summed E-state index contributed by atoms with van der Waals surface area (Å²) in [5.41, 5.74) is 0. The van der Waals surface area contributed by atoms with Gasteiger partial charge in [0.15, 0.2) is 0 Å². The maximum atomic E-state index is 4.64. The van der Waals surface area contributed by atoms with Gasteiger partial charge in [0, 0.05) is 79.1 Å². The largest absolute Gasteiger partial charge is 0.0434 e. The quantitative estimate of drug-likeness (QED) is 0.435. The second-order valence-corrected chi connectivity index (χ2v) is 0. The minimum atomic E-state index is 0. The zero-order valence-corrected chi connectivity index (χ0v) is 11.3. The second-order valence-electron chi connectivity index (χ2n) is 0. The first-order valence-electron chi connectivity index (χ1n) is 0.577. The normalized spacial score (nSPS) is 1.33. The molecule has 0 unspecified atom stereocenters. The van der Waals surface area contributed by atoms with Gasteiger partial charge in [-0.1, -0.05) is 0 Å². The average Bonchev–Trinajstić information content (AvgIpc) is 1.00. The Kier molecular flexibility index (Phi) is 329. The first kappa shape index (κ1) is 39.0. The van der Waals surface area contributed by atoms with E-state index < -0.39 is 0 Å². The smallest absolute Gasteiger partial charge is 0.0388 e. The molecule has 0 aromatic carbocycles. The van der Waals surface area contributed by atoms with Gasteiger partial charge in [-0.2, -0.15) is 0 Å². The van der Waals surface area contributed by atoms with Gasteiger partial charge in [-0.25, -0.2) is 0 Å². The first-order valence-corrected chi connectivity index (χ1v) is 1.73. The van der Waals surface area contributed by atoms with Crippen LogP contribution in [0.25, 0.3) is 0 Å². The Morgan fingerprint density at radius 1 is 1.17 bits per heavy atom. The molecular formula is H3BCoCrNiSiW. The summed E-state index contributed by atoms with van der Waals surface area (Å²) in [4.78, 5) is 0. The molecule has 0 heterocycles. The maximum absolute atomic E-state index is 4.64. The van der Waals surface area contributed by atoms with Crippen LogP contribution in [-0.4, -0.2) is 17.6 Å². The SMILES string of the molecule is [B][SiH3].[Co].[Cr].[Ni].[W]. The van der Waals surface area contributed by atoms with E-state index in [-0.39, 0.29) is 71.7 Å².